The topological polar surface area (TPSA) is 95.3 Å². The second-order valence-electron chi connectivity index (χ2n) is 5.83. The van der Waals surface area contributed by atoms with Gasteiger partial charge in [0.1, 0.15) is 11.6 Å². The molecule has 27 heavy (non-hydrogen) atoms. The highest BCUT2D eigenvalue weighted by Gasteiger charge is 2.16. The monoisotopic (exact) mass is 368 g/mol. The number of benzene rings is 2. The molecule has 0 saturated heterocycles. The lowest BCUT2D eigenvalue weighted by Crippen LogP contribution is -2.13. The van der Waals surface area contributed by atoms with Gasteiger partial charge in [-0.3, -0.25) is 5.10 Å². The van der Waals surface area contributed by atoms with Crippen molar-refractivity contribution in [3.8, 4) is 28.6 Å². The summed E-state index contributed by atoms with van der Waals surface area (Å²) >= 11 is 0. The van der Waals surface area contributed by atoms with E-state index in [1.165, 1.54) is 0 Å². The molecule has 7 heteroatoms. The molecule has 0 fully saturated rings. The van der Waals surface area contributed by atoms with Gasteiger partial charge < -0.3 is 19.9 Å². The van der Waals surface area contributed by atoms with E-state index in [1.54, 1.807) is 7.11 Å². The van der Waals surface area contributed by atoms with Gasteiger partial charge in [-0.2, -0.15) is 5.10 Å². The number of rotatable bonds is 8. The molecule has 0 unspecified atom stereocenters. The first-order chi connectivity index (χ1) is 13.2. The van der Waals surface area contributed by atoms with Gasteiger partial charge >= 0.3 is 0 Å². The number of H-pyrrole nitrogens is 1. The van der Waals surface area contributed by atoms with E-state index < -0.39 is 6.04 Å². The molecule has 0 spiro atoms. The minimum atomic E-state index is -0.435. The minimum Gasteiger partial charge on any atom is -0.497 e. The van der Waals surface area contributed by atoms with E-state index in [9.17, 15) is 0 Å². The fraction of sp³-hybridized carbons (Fsp3) is 0.300. The average Bonchev–Trinajstić information content (AvgIpc) is 3.19. The van der Waals surface area contributed by atoms with Crippen LogP contribution in [0.3, 0.4) is 0 Å². The number of hydrogen-bond donors (Lipinski definition) is 2. The van der Waals surface area contributed by atoms with E-state index in [4.69, 9.17) is 19.9 Å². The van der Waals surface area contributed by atoms with Crippen LogP contribution in [-0.2, 0) is 0 Å². The second-order valence-corrected chi connectivity index (χ2v) is 5.83. The highest BCUT2D eigenvalue weighted by atomic mass is 16.5. The molecule has 142 valence electrons. The van der Waals surface area contributed by atoms with Crippen LogP contribution >= 0.6 is 0 Å². The van der Waals surface area contributed by atoms with Crippen LogP contribution in [0.25, 0.3) is 11.4 Å². The molecule has 0 amide bonds. The fourth-order valence-electron chi connectivity index (χ4n) is 2.73. The zero-order valence-electron chi connectivity index (χ0n) is 15.7. The number of nitrogens with two attached hydrogens (primary N) is 1. The Morgan fingerprint density at radius 2 is 1.81 bits per heavy atom. The molecule has 0 aliphatic rings. The fourth-order valence-corrected chi connectivity index (χ4v) is 2.73. The number of nitrogens with one attached hydrogen (secondary N) is 1. The Labute approximate surface area is 158 Å². The summed E-state index contributed by atoms with van der Waals surface area (Å²) in [6, 6.07) is 12.8. The first kappa shape index (κ1) is 18.7. The van der Waals surface area contributed by atoms with Gasteiger partial charge in [-0.1, -0.05) is 12.1 Å². The van der Waals surface area contributed by atoms with Crippen molar-refractivity contribution >= 4 is 0 Å². The van der Waals surface area contributed by atoms with Gasteiger partial charge in [-0.05, 0) is 49.7 Å². The molecule has 1 heterocycles. The SMILES string of the molecule is CCOc1ccc(-c2n[nH]c([C@@H](N)c3cccc(OC)c3)n2)cc1OCC. The maximum absolute atomic E-state index is 6.34. The van der Waals surface area contributed by atoms with Crippen LogP contribution in [-0.4, -0.2) is 35.5 Å². The normalized spacial score (nSPS) is 11.9. The smallest absolute Gasteiger partial charge is 0.181 e. The summed E-state index contributed by atoms with van der Waals surface area (Å²) in [5.74, 6) is 3.24. The molecule has 3 N–H and O–H groups in total. The van der Waals surface area contributed by atoms with Crippen molar-refractivity contribution in [2.45, 2.75) is 19.9 Å². The standard InChI is InChI=1S/C20H24N4O3/c1-4-26-16-10-9-14(12-17(16)27-5-2)19-22-20(24-23-19)18(21)13-7-6-8-15(11-13)25-3/h6-12,18H,4-5,21H2,1-3H3,(H,22,23,24)/t18-/m0/s1. The molecule has 1 atom stereocenters. The molecule has 0 radical (unpaired) electrons. The van der Waals surface area contributed by atoms with Gasteiger partial charge in [0.15, 0.2) is 17.3 Å². The van der Waals surface area contributed by atoms with E-state index in [0.717, 1.165) is 16.9 Å². The lowest BCUT2D eigenvalue weighted by Gasteiger charge is -2.11. The average molecular weight is 368 g/mol. The first-order valence-corrected chi connectivity index (χ1v) is 8.88. The third-order valence-corrected chi connectivity index (χ3v) is 4.05. The molecule has 0 aliphatic heterocycles. The maximum Gasteiger partial charge on any atom is 0.181 e. The van der Waals surface area contributed by atoms with Crippen LogP contribution in [0.15, 0.2) is 42.5 Å². The number of aromatic nitrogens is 3. The van der Waals surface area contributed by atoms with Crippen molar-refractivity contribution in [2.24, 2.45) is 5.73 Å². The molecular weight excluding hydrogens is 344 g/mol. The van der Waals surface area contributed by atoms with Crippen molar-refractivity contribution < 1.29 is 14.2 Å². The van der Waals surface area contributed by atoms with E-state index in [-0.39, 0.29) is 0 Å². The van der Waals surface area contributed by atoms with E-state index in [2.05, 4.69) is 15.2 Å². The third kappa shape index (κ3) is 4.20. The van der Waals surface area contributed by atoms with Gasteiger partial charge in [-0.15, -0.1) is 0 Å². The molecule has 3 aromatic rings. The highest BCUT2D eigenvalue weighted by Crippen LogP contribution is 2.32. The van der Waals surface area contributed by atoms with Crippen LogP contribution < -0.4 is 19.9 Å². The molecule has 0 bridgehead atoms. The Balaban J connectivity index is 1.87. The lowest BCUT2D eigenvalue weighted by atomic mass is 10.1. The summed E-state index contributed by atoms with van der Waals surface area (Å²) in [5.41, 5.74) is 8.05. The van der Waals surface area contributed by atoms with Crippen LogP contribution in [0, 0.1) is 0 Å². The van der Waals surface area contributed by atoms with Gasteiger partial charge in [0.2, 0.25) is 0 Å². The van der Waals surface area contributed by atoms with Gasteiger partial charge in [0.05, 0.1) is 26.4 Å². The summed E-state index contributed by atoms with van der Waals surface area (Å²) in [7, 11) is 1.62. The van der Waals surface area contributed by atoms with Crippen LogP contribution in [0.1, 0.15) is 31.3 Å². The maximum atomic E-state index is 6.34. The van der Waals surface area contributed by atoms with Gasteiger partial charge in [-0.25, -0.2) is 4.98 Å². The van der Waals surface area contributed by atoms with E-state index in [1.807, 2.05) is 56.3 Å². The Kier molecular flexibility index (Phi) is 5.93. The lowest BCUT2D eigenvalue weighted by molar-refractivity contribution is 0.288. The Hall–Kier alpha value is -3.06. The van der Waals surface area contributed by atoms with Crippen molar-refractivity contribution in [1.82, 2.24) is 15.2 Å². The Bertz CT molecular complexity index is 894. The zero-order valence-corrected chi connectivity index (χ0v) is 15.7. The molecule has 2 aromatic carbocycles. The number of hydrogen-bond acceptors (Lipinski definition) is 6. The molecule has 0 aliphatic carbocycles. The Morgan fingerprint density at radius 1 is 1.04 bits per heavy atom. The van der Waals surface area contributed by atoms with Crippen molar-refractivity contribution in [3.05, 3.63) is 53.9 Å². The largest absolute Gasteiger partial charge is 0.497 e. The van der Waals surface area contributed by atoms with Gasteiger partial charge in [0.25, 0.3) is 0 Å². The predicted molar refractivity (Wildman–Crippen MR) is 103 cm³/mol. The molecule has 0 saturated carbocycles. The van der Waals surface area contributed by atoms with Crippen molar-refractivity contribution in [2.75, 3.05) is 20.3 Å². The number of ether oxygens (including phenoxy) is 3. The van der Waals surface area contributed by atoms with Crippen molar-refractivity contribution in [3.63, 3.8) is 0 Å². The van der Waals surface area contributed by atoms with Crippen molar-refractivity contribution in [1.29, 1.82) is 0 Å². The first-order valence-electron chi connectivity index (χ1n) is 8.88. The van der Waals surface area contributed by atoms with Gasteiger partial charge in [0, 0.05) is 5.56 Å². The quantitative estimate of drug-likeness (QED) is 0.633. The van der Waals surface area contributed by atoms with Crippen LogP contribution in [0.2, 0.25) is 0 Å². The van der Waals surface area contributed by atoms with E-state index in [0.29, 0.717) is 36.4 Å². The minimum absolute atomic E-state index is 0.435. The molecule has 3 rings (SSSR count). The summed E-state index contributed by atoms with van der Waals surface area (Å²) in [6.07, 6.45) is 0. The third-order valence-electron chi connectivity index (χ3n) is 4.05. The summed E-state index contributed by atoms with van der Waals surface area (Å²) in [6.45, 7) is 4.98. The summed E-state index contributed by atoms with van der Waals surface area (Å²) in [4.78, 5) is 4.56. The summed E-state index contributed by atoms with van der Waals surface area (Å²) < 4.78 is 16.5. The zero-order chi connectivity index (χ0) is 19.2. The van der Waals surface area contributed by atoms with E-state index >= 15 is 0 Å². The summed E-state index contributed by atoms with van der Waals surface area (Å²) in [5, 5.41) is 7.24. The molecular formula is C20H24N4O3. The highest BCUT2D eigenvalue weighted by molar-refractivity contribution is 5.61. The Morgan fingerprint density at radius 3 is 2.56 bits per heavy atom. The number of nitrogens with zero attached hydrogens (tertiary/aromatic N) is 2. The predicted octanol–water partition coefficient (Wildman–Crippen LogP) is 3.33. The van der Waals surface area contributed by atoms with Crippen LogP contribution in [0.5, 0.6) is 17.2 Å². The number of aromatic amines is 1. The molecule has 7 nitrogen and oxygen atoms in total. The second kappa shape index (κ2) is 8.55. The van der Waals surface area contributed by atoms with Crippen LogP contribution in [0.4, 0.5) is 0 Å². The molecule has 1 aromatic heterocycles. The number of methoxy groups -OCH3 is 1.